The normalized spacial score (nSPS) is 18.7. The van der Waals surface area contributed by atoms with Gasteiger partial charge in [0.05, 0.1) is 0 Å². The molecule has 1 aliphatic rings. The second-order valence-corrected chi connectivity index (χ2v) is 5.65. The summed E-state index contributed by atoms with van der Waals surface area (Å²) >= 11 is 1.74. The van der Waals surface area contributed by atoms with E-state index in [-0.39, 0.29) is 0 Å². The van der Waals surface area contributed by atoms with Gasteiger partial charge in [0.15, 0.2) is 0 Å². The predicted octanol–water partition coefficient (Wildman–Crippen LogP) is 0.789. The number of piperazine rings is 1. The second-order valence-electron chi connectivity index (χ2n) is 4.70. The molecule has 0 atom stereocenters. The summed E-state index contributed by atoms with van der Waals surface area (Å²) in [5, 5.41) is 6.77. The van der Waals surface area contributed by atoms with Crippen molar-refractivity contribution in [1.29, 1.82) is 0 Å². The lowest BCUT2D eigenvalue weighted by molar-refractivity contribution is 0.154. The van der Waals surface area contributed by atoms with E-state index in [4.69, 9.17) is 0 Å². The fourth-order valence-electron chi connectivity index (χ4n) is 1.99. The van der Waals surface area contributed by atoms with Crippen LogP contribution in [0.1, 0.15) is 10.7 Å². The van der Waals surface area contributed by atoms with Crippen LogP contribution >= 0.6 is 11.3 Å². The van der Waals surface area contributed by atoms with Crippen molar-refractivity contribution in [2.24, 2.45) is 0 Å². The fraction of sp³-hybridized carbons (Fsp3) is 0.750. The maximum atomic E-state index is 4.44. The summed E-state index contributed by atoms with van der Waals surface area (Å²) in [5.41, 5.74) is 1.13. The van der Waals surface area contributed by atoms with Gasteiger partial charge in [0.25, 0.3) is 0 Å². The Hall–Kier alpha value is -0.490. The minimum Gasteiger partial charge on any atom is -0.309 e. The van der Waals surface area contributed by atoms with Gasteiger partial charge >= 0.3 is 0 Å². The third-order valence-electron chi connectivity index (χ3n) is 3.14. The van der Waals surface area contributed by atoms with Gasteiger partial charge in [0, 0.05) is 56.9 Å². The quantitative estimate of drug-likeness (QED) is 0.787. The van der Waals surface area contributed by atoms with Gasteiger partial charge < -0.3 is 10.2 Å². The first kappa shape index (κ1) is 13.0. The largest absolute Gasteiger partial charge is 0.309 e. The van der Waals surface area contributed by atoms with Gasteiger partial charge in [0.2, 0.25) is 0 Å². The molecule has 0 saturated carbocycles. The van der Waals surface area contributed by atoms with E-state index >= 15 is 0 Å². The zero-order valence-corrected chi connectivity index (χ0v) is 11.6. The highest BCUT2D eigenvalue weighted by atomic mass is 32.1. The van der Waals surface area contributed by atoms with Crippen LogP contribution in [0.2, 0.25) is 0 Å². The van der Waals surface area contributed by atoms with E-state index in [1.807, 2.05) is 6.92 Å². The molecule has 96 valence electrons. The predicted molar refractivity (Wildman–Crippen MR) is 72.5 cm³/mol. The van der Waals surface area contributed by atoms with Gasteiger partial charge in [-0.05, 0) is 14.0 Å². The van der Waals surface area contributed by atoms with E-state index in [2.05, 4.69) is 32.5 Å². The summed E-state index contributed by atoms with van der Waals surface area (Å²) in [6.45, 7) is 9.97. The van der Waals surface area contributed by atoms with Crippen LogP contribution in [-0.4, -0.2) is 61.1 Å². The molecule has 1 aliphatic heterocycles. The number of aryl methyl sites for hydroxylation is 1. The number of likely N-dealkylation sites (N-methyl/N-ethyl adjacent to an activating group) is 1. The van der Waals surface area contributed by atoms with Crippen molar-refractivity contribution in [3.8, 4) is 0 Å². The summed E-state index contributed by atoms with van der Waals surface area (Å²) in [4.78, 5) is 9.36. The van der Waals surface area contributed by atoms with E-state index in [1.165, 1.54) is 31.2 Å². The van der Waals surface area contributed by atoms with Crippen LogP contribution in [0.25, 0.3) is 0 Å². The molecule has 5 heteroatoms. The van der Waals surface area contributed by atoms with Gasteiger partial charge in [-0.15, -0.1) is 11.3 Å². The maximum Gasteiger partial charge on any atom is 0.107 e. The van der Waals surface area contributed by atoms with Crippen molar-refractivity contribution in [3.05, 3.63) is 16.1 Å². The fourth-order valence-corrected chi connectivity index (χ4v) is 2.73. The molecular formula is C12H22N4S. The van der Waals surface area contributed by atoms with Crippen LogP contribution in [0.4, 0.5) is 0 Å². The number of rotatable bonds is 5. The lowest BCUT2D eigenvalue weighted by atomic mass is 10.3. The van der Waals surface area contributed by atoms with Crippen molar-refractivity contribution >= 4 is 11.3 Å². The maximum absolute atomic E-state index is 4.44. The van der Waals surface area contributed by atoms with Crippen LogP contribution in [0.3, 0.4) is 0 Å². The van der Waals surface area contributed by atoms with Crippen molar-refractivity contribution in [1.82, 2.24) is 20.1 Å². The van der Waals surface area contributed by atoms with Crippen molar-refractivity contribution < 1.29 is 0 Å². The number of aromatic nitrogens is 1. The molecule has 2 rings (SSSR count). The monoisotopic (exact) mass is 254 g/mol. The molecule has 0 amide bonds. The zero-order chi connectivity index (χ0) is 12.1. The number of nitrogens with one attached hydrogen (secondary N) is 1. The minimum atomic E-state index is 0.909. The zero-order valence-electron chi connectivity index (χ0n) is 10.8. The third kappa shape index (κ3) is 4.35. The second kappa shape index (κ2) is 6.44. The molecule has 1 N–H and O–H groups in total. The molecule has 0 unspecified atom stereocenters. The molecule has 4 nitrogen and oxygen atoms in total. The molecule has 0 aliphatic carbocycles. The molecule has 1 saturated heterocycles. The Balaban J connectivity index is 1.57. The Labute approximate surface area is 108 Å². The first-order chi connectivity index (χ1) is 8.24. The van der Waals surface area contributed by atoms with Crippen LogP contribution in [-0.2, 0) is 6.54 Å². The average molecular weight is 254 g/mol. The van der Waals surface area contributed by atoms with E-state index in [9.17, 15) is 0 Å². The average Bonchev–Trinajstić information content (AvgIpc) is 2.73. The van der Waals surface area contributed by atoms with Crippen LogP contribution in [0, 0.1) is 6.92 Å². The first-order valence-corrected chi connectivity index (χ1v) is 7.14. The minimum absolute atomic E-state index is 0.909. The van der Waals surface area contributed by atoms with E-state index in [1.54, 1.807) is 11.3 Å². The Morgan fingerprint density at radius 3 is 2.76 bits per heavy atom. The van der Waals surface area contributed by atoms with E-state index in [0.29, 0.717) is 0 Å². The molecular weight excluding hydrogens is 232 g/mol. The molecule has 0 radical (unpaired) electrons. The Morgan fingerprint density at radius 1 is 1.35 bits per heavy atom. The van der Waals surface area contributed by atoms with Gasteiger partial charge in [-0.25, -0.2) is 4.98 Å². The van der Waals surface area contributed by atoms with Gasteiger partial charge in [-0.2, -0.15) is 0 Å². The number of hydrogen-bond donors (Lipinski definition) is 1. The molecule has 1 aromatic heterocycles. The molecule has 0 bridgehead atoms. The summed E-state index contributed by atoms with van der Waals surface area (Å²) in [5.74, 6) is 0. The lowest BCUT2D eigenvalue weighted by Gasteiger charge is -2.32. The Bertz CT molecular complexity index is 331. The number of thiazole rings is 1. The highest BCUT2D eigenvalue weighted by Crippen LogP contribution is 2.07. The highest BCUT2D eigenvalue weighted by Gasteiger charge is 2.12. The number of hydrogen-bond acceptors (Lipinski definition) is 5. The van der Waals surface area contributed by atoms with E-state index < -0.39 is 0 Å². The SMILES string of the molecule is Cc1csc(CNCCN2CCN(C)CC2)n1. The van der Waals surface area contributed by atoms with Crippen molar-refractivity contribution in [2.75, 3.05) is 46.3 Å². The van der Waals surface area contributed by atoms with E-state index in [0.717, 1.165) is 25.3 Å². The first-order valence-electron chi connectivity index (χ1n) is 6.26. The van der Waals surface area contributed by atoms with Gasteiger partial charge in [-0.1, -0.05) is 0 Å². The molecule has 1 fully saturated rings. The molecule has 1 aromatic rings. The molecule has 0 spiro atoms. The standard InChI is InChI=1S/C12H22N4S/c1-11-10-17-12(14-11)9-13-3-4-16-7-5-15(2)6-8-16/h10,13H,3-9H2,1-2H3. The third-order valence-corrected chi connectivity index (χ3v) is 4.11. The summed E-state index contributed by atoms with van der Waals surface area (Å²) in [6.07, 6.45) is 0. The Morgan fingerprint density at radius 2 is 2.12 bits per heavy atom. The van der Waals surface area contributed by atoms with Crippen LogP contribution in [0.5, 0.6) is 0 Å². The Kier molecular flexibility index (Phi) is 4.91. The molecule has 2 heterocycles. The van der Waals surface area contributed by atoms with Gasteiger partial charge in [0.1, 0.15) is 5.01 Å². The summed E-state index contributed by atoms with van der Waals surface area (Å²) in [6, 6.07) is 0. The van der Waals surface area contributed by atoms with Crippen molar-refractivity contribution in [2.45, 2.75) is 13.5 Å². The van der Waals surface area contributed by atoms with Crippen LogP contribution in [0.15, 0.2) is 5.38 Å². The highest BCUT2D eigenvalue weighted by molar-refractivity contribution is 7.09. The van der Waals surface area contributed by atoms with Crippen molar-refractivity contribution in [3.63, 3.8) is 0 Å². The van der Waals surface area contributed by atoms with Crippen LogP contribution < -0.4 is 5.32 Å². The summed E-state index contributed by atoms with van der Waals surface area (Å²) in [7, 11) is 2.19. The summed E-state index contributed by atoms with van der Waals surface area (Å²) < 4.78 is 0. The molecule has 17 heavy (non-hydrogen) atoms. The van der Waals surface area contributed by atoms with Gasteiger partial charge in [-0.3, -0.25) is 4.90 Å². The molecule has 0 aromatic carbocycles. The lowest BCUT2D eigenvalue weighted by Crippen LogP contribution is -2.46. The smallest absolute Gasteiger partial charge is 0.107 e. The topological polar surface area (TPSA) is 31.4 Å². The number of nitrogens with zero attached hydrogens (tertiary/aromatic N) is 3.